The van der Waals surface area contributed by atoms with Gasteiger partial charge in [-0.15, -0.1) is 0 Å². The van der Waals surface area contributed by atoms with Crippen LogP contribution in [0.5, 0.6) is 0 Å². The van der Waals surface area contributed by atoms with Crippen LogP contribution < -0.4 is 5.73 Å². The van der Waals surface area contributed by atoms with Crippen LogP contribution in [0.2, 0.25) is 5.02 Å². The van der Waals surface area contributed by atoms with E-state index in [-0.39, 0.29) is 0 Å². The molecule has 0 fully saturated rings. The van der Waals surface area contributed by atoms with Gasteiger partial charge in [0, 0.05) is 11.1 Å². The van der Waals surface area contributed by atoms with Gasteiger partial charge in [-0.1, -0.05) is 30.7 Å². The minimum atomic E-state index is 0.414. The standard InChI is InChI=1S/C14H23ClN2/c1-11(10-16)8-9-17(3)12(2)13-4-6-14(15)7-5-13/h4-7,11-12H,8-10,16H2,1-3H3. The van der Waals surface area contributed by atoms with E-state index >= 15 is 0 Å². The Bertz CT molecular complexity index is 323. The summed E-state index contributed by atoms with van der Waals surface area (Å²) in [4.78, 5) is 2.36. The number of hydrogen-bond donors (Lipinski definition) is 1. The molecule has 0 saturated carbocycles. The van der Waals surface area contributed by atoms with E-state index in [4.69, 9.17) is 17.3 Å². The average Bonchev–Trinajstić information content (AvgIpc) is 2.35. The maximum Gasteiger partial charge on any atom is 0.0406 e. The molecule has 3 heteroatoms. The van der Waals surface area contributed by atoms with Gasteiger partial charge in [0.05, 0.1) is 0 Å². The summed E-state index contributed by atoms with van der Waals surface area (Å²) in [7, 11) is 2.16. The second kappa shape index (κ2) is 7.00. The number of nitrogens with two attached hydrogens (primary N) is 1. The van der Waals surface area contributed by atoms with Gasteiger partial charge in [0.15, 0.2) is 0 Å². The Kier molecular flexibility index (Phi) is 5.96. The van der Waals surface area contributed by atoms with E-state index in [1.165, 1.54) is 5.56 Å². The van der Waals surface area contributed by atoms with Crippen LogP contribution in [0.25, 0.3) is 0 Å². The van der Waals surface area contributed by atoms with Gasteiger partial charge in [0.1, 0.15) is 0 Å². The van der Waals surface area contributed by atoms with Crippen molar-refractivity contribution in [3.05, 3.63) is 34.9 Å². The molecular weight excluding hydrogens is 232 g/mol. The van der Waals surface area contributed by atoms with E-state index in [2.05, 4.69) is 37.9 Å². The summed E-state index contributed by atoms with van der Waals surface area (Å²) in [5.41, 5.74) is 6.93. The van der Waals surface area contributed by atoms with E-state index in [0.29, 0.717) is 12.0 Å². The number of hydrogen-bond acceptors (Lipinski definition) is 2. The van der Waals surface area contributed by atoms with Crippen LogP contribution in [-0.4, -0.2) is 25.0 Å². The Morgan fingerprint density at radius 3 is 2.35 bits per heavy atom. The van der Waals surface area contributed by atoms with Crippen molar-refractivity contribution >= 4 is 11.6 Å². The zero-order valence-corrected chi connectivity index (χ0v) is 11.7. The lowest BCUT2D eigenvalue weighted by atomic mass is 10.1. The third kappa shape index (κ3) is 4.66. The monoisotopic (exact) mass is 254 g/mol. The van der Waals surface area contributed by atoms with E-state index in [0.717, 1.165) is 24.5 Å². The molecule has 0 aliphatic rings. The van der Waals surface area contributed by atoms with E-state index < -0.39 is 0 Å². The van der Waals surface area contributed by atoms with Crippen LogP contribution in [0.15, 0.2) is 24.3 Å². The predicted molar refractivity (Wildman–Crippen MR) is 75.3 cm³/mol. The molecule has 1 aromatic rings. The van der Waals surface area contributed by atoms with Crippen molar-refractivity contribution in [1.29, 1.82) is 0 Å². The molecule has 0 bridgehead atoms. The lowest BCUT2D eigenvalue weighted by molar-refractivity contribution is 0.244. The van der Waals surface area contributed by atoms with Gasteiger partial charge in [0.2, 0.25) is 0 Å². The van der Waals surface area contributed by atoms with Crippen molar-refractivity contribution in [2.24, 2.45) is 11.7 Å². The van der Waals surface area contributed by atoms with Gasteiger partial charge in [-0.05, 0) is 57.1 Å². The molecular formula is C14H23ClN2. The van der Waals surface area contributed by atoms with Crippen molar-refractivity contribution in [2.45, 2.75) is 26.3 Å². The number of benzene rings is 1. The maximum absolute atomic E-state index is 5.89. The first-order valence-corrected chi connectivity index (χ1v) is 6.58. The fourth-order valence-corrected chi connectivity index (χ4v) is 1.86. The third-order valence-corrected chi connectivity index (χ3v) is 3.64. The summed E-state index contributed by atoms with van der Waals surface area (Å²) in [5, 5.41) is 0.792. The molecule has 2 N–H and O–H groups in total. The number of rotatable bonds is 6. The molecule has 0 aliphatic carbocycles. The highest BCUT2D eigenvalue weighted by Gasteiger charge is 2.12. The molecule has 0 amide bonds. The maximum atomic E-state index is 5.89. The number of halogens is 1. The normalized spacial score (nSPS) is 14.9. The van der Waals surface area contributed by atoms with Crippen LogP contribution in [-0.2, 0) is 0 Å². The summed E-state index contributed by atoms with van der Waals surface area (Å²) in [6.45, 7) is 6.25. The molecule has 17 heavy (non-hydrogen) atoms. The zero-order chi connectivity index (χ0) is 12.8. The quantitative estimate of drug-likeness (QED) is 0.844. The predicted octanol–water partition coefficient (Wildman–Crippen LogP) is 3.32. The first-order chi connectivity index (χ1) is 8.04. The van der Waals surface area contributed by atoms with Gasteiger partial charge >= 0.3 is 0 Å². The highest BCUT2D eigenvalue weighted by atomic mass is 35.5. The lowest BCUT2D eigenvalue weighted by Crippen LogP contribution is -2.26. The molecule has 0 aromatic heterocycles. The van der Waals surface area contributed by atoms with Crippen molar-refractivity contribution < 1.29 is 0 Å². The SMILES string of the molecule is CC(CN)CCN(C)C(C)c1ccc(Cl)cc1. The highest BCUT2D eigenvalue weighted by molar-refractivity contribution is 6.30. The smallest absolute Gasteiger partial charge is 0.0406 e. The molecule has 2 nitrogen and oxygen atoms in total. The third-order valence-electron chi connectivity index (χ3n) is 3.39. The Balaban J connectivity index is 2.51. The van der Waals surface area contributed by atoms with Crippen molar-refractivity contribution in [2.75, 3.05) is 20.1 Å². The van der Waals surface area contributed by atoms with Crippen molar-refractivity contribution in [3.63, 3.8) is 0 Å². The summed E-state index contributed by atoms with van der Waals surface area (Å²) < 4.78 is 0. The van der Waals surface area contributed by atoms with Crippen molar-refractivity contribution in [3.8, 4) is 0 Å². The molecule has 96 valence electrons. The summed E-state index contributed by atoms with van der Waals surface area (Å²) in [6.07, 6.45) is 1.14. The summed E-state index contributed by atoms with van der Waals surface area (Å²) in [5.74, 6) is 0.592. The van der Waals surface area contributed by atoms with Crippen LogP contribution in [0.1, 0.15) is 31.9 Å². The molecule has 1 aromatic carbocycles. The topological polar surface area (TPSA) is 29.3 Å². The number of nitrogens with zero attached hydrogens (tertiary/aromatic N) is 1. The van der Waals surface area contributed by atoms with E-state index in [1.54, 1.807) is 0 Å². The minimum absolute atomic E-state index is 0.414. The molecule has 0 spiro atoms. The van der Waals surface area contributed by atoms with Gasteiger partial charge in [-0.25, -0.2) is 0 Å². The molecule has 0 saturated heterocycles. The van der Waals surface area contributed by atoms with E-state index in [1.807, 2.05) is 12.1 Å². The van der Waals surface area contributed by atoms with E-state index in [9.17, 15) is 0 Å². The van der Waals surface area contributed by atoms with Gasteiger partial charge in [-0.2, -0.15) is 0 Å². The molecule has 2 unspecified atom stereocenters. The molecule has 2 atom stereocenters. The minimum Gasteiger partial charge on any atom is -0.330 e. The van der Waals surface area contributed by atoms with Crippen molar-refractivity contribution in [1.82, 2.24) is 4.90 Å². The second-order valence-corrected chi connectivity index (χ2v) is 5.27. The molecule has 1 rings (SSSR count). The Labute approximate surface area is 110 Å². The van der Waals surface area contributed by atoms with Gasteiger partial charge in [-0.3, -0.25) is 4.90 Å². The summed E-state index contributed by atoms with van der Waals surface area (Å²) in [6, 6.07) is 8.50. The zero-order valence-electron chi connectivity index (χ0n) is 11.0. The van der Waals surface area contributed by atoms with Gasteiger partial charge < -0.3 is 5.73 Å². The largest absolute Gasteiger partial charge is 0.330 e. The highest BCUT2D eigenvalue weighted by Crippen LogP contribution is 2.21. The lowest BCUT2D eigenvalue weighted by Gasteiger charge is -2.26. The Morgan fingerprint density at radius 2 is 1.82 bits per heavy atom. The molecule has 0 heterocycles. The second-order valence-electron chi connectivity index (χ2n) is 4.84. The summed E-state index contributed by atoms with van der Waals surface area (Å²) >= 11 is 5.89. The van der Waals surface area contributed by atoms with Crippen LogP contribution in [0.4, 0.5) is 0 Å². The Morgan fingerprint density at radius 1 is 1.24 bits per heavy atom. The van der Waals surface area contributed by atoms with Crippen LogP contribution in [0, 0.1) is 5.92 Å². The molecule has 0 aliphatic heterocycles. The Hall–Kier alpha value is -0.570. The van der Waals surface area contributed by atoms with Crippen LogP contribution in [0.3, 0.4) is 0 Å². The first-order valence-electron chi connectivity index (χ1n) is 6.20. The fraction of sp³-hybridized carbons (Fsp3) is 0.571. The van der Waals surface area contributed by atoms with Crippen LogP contribution >= 0.6 is 11.6 Å². The molecule has 0 radical (unpaired) electrons. The van der Waals surface area contributed by atoms with Gasteiger partial charge in [0.25, 0.3) is 0 Å². The average molecular weight is 255 g/mol. The fourth-order valence-electron chi connectivity index (χ4n) is 1.73. The first kappa shape index (κ1) is 14.5.